The predicted molar refractivity (Wildman–Crippen MR) is 112 cm³/mol. The first kappa shape index (κ1) is 18.3. The maximum absolute atomic E-state index is 13.2. The highest BCUT2D eigenvalue weighted by Gasteiger charge is 2.45. The van der Waals surface area contributed by atoms with Crippen molar-refractivity contribution in [2.24, 2.45) is 5.92 Å². The topological polar surface area (TPSA) is 39.3 Å². The van der Waals surface area contributed by atoms with Gasteiger partial charge in [-0.05, 0) is 62.9 Å². The zero-order valence-electron chi connectivity index (χ0n) is 17.0. The zero-order valence-corrected chi connectivity index (χ0v) is 17.0. The van der Waals surface area contributed by atoms with E-state index in [-0.39, 0.29) is 17.4 Å². The molecule has 144 valence electrons. The van der Waals surface area contributed by atoms with Crippen molar-refractivity contribution in [1.29, 1.82) is 0 Å². The summed E-state index contributed by atoms with van der Waals surface area (Å²) in [6, 6.07) is 6.51. The Bertz CT molecular complexity index is 892. The van der Waals surface area contributed by atoms with Crippen LogP contribution in [0.25, 0.3) is 16.5 Å². The lowest BCUT2D eigenvalue weighted by molar-refractivity contribution is -0.134. The first-order valence-corrected chi connectivity index (χ1v) is 10.4. The number of rotatable bonds is 5. The molecule has 4 heteroatoms. The van der Waals surface area contributed by atoms with E-state index in [0.29, 0.717) is 0 Å². The minimum atomic E-state index is -0.0599. The number of carbonyl (C=O) groups excluding carboxylic acids is 1. The van der Waals surface area contributed by atoms with Crippen LogP contribution < -0.4 is 0 Å². The van der Waals surface area contributed by atoms with E-state index in [4.69, 9.17) is 0 Å². The second-order valence-electron chi connectivity index (χ2n) is 8.14. The van der Waals surface area contributed by atoms with E-state index in [1.54, 1.807) is 0 Å². The number of fused-ring (bicyclic) bond motifs is 2. The Morgan fingerprint density at radius 3 is 2.78 bits per heavy atom. The molecule has 0 unspecified atom stereocenters. The lowest BCUT2D eigenvalue weighted by atomic mass is 9.70. The summed E-state index contributed by atoms with van der Waals surface area (Å²) in [5.41, 5.74) is 5.19. The predicted octanol–water partition coefficient (Wildman–Crippen LogP) is 4.08. The van der Waals surface area contributed by atoms with Crippen molar-refractivity contribution in [3.8, 4) is 0 Å². The van der Waals surface area contributed by atoms with Crippen molar-refractivity contribution < 1.29 is 4.79 Å². The zero-order chi connectivity index (χ0) is 19.2. The van der Waals surface area contributed by atoms with Crippen LogP contribution in [-0.4, -0.2) is 52.4 Å². The fourth-order valence-electron chi connectivity index (χ4n) is 5.15. The van der Waals surface area contributed by atoms with E-state index >= 15 is 0 Å². The molecule has 1 aromatic heterocycles. The van der Waals surface area contributed by atoms with E-state index in [1.165, 1.54) is 27.6 Å². The van der Waals surface area contributed by atoms with Crippen LogP contribution in [0.5, 0.6) is 0 Å². The standard InChI is InChI=1S/C23H31N3O/c1-5-11-26-15-16(22(27)25(6-2)7-3)12-19-18-9-8-10-20-21(18)17(14-24-20)13-23(19,26)4/h8-10,12,14,16,24H,5-7,11,13,15H2,1-4H3/t16-,23-/m1/s1. The lowest BCUT2D eigenvalue weighted by Crippen LogP contribution is -2.56. The second-order valence-corrected chi connectivity index (χ2v) is 8.14. The molecule has 27 heavy (non-hydrogen) atoms. The molecule has 0 bridgehead atoms. The Kier molecular flexibility index (Phi) is 4.63. The first-order valence-electron chi connectivity index (χ1n) is 10.4. The third-order valence-corrected chi connectivity index (χ3v) is 6.56. The van der Waals surface area contributed by atoms with Crippen molar-refractivity contribution in [3.63, 3.8) is 0 Å². The molecule has 0 radical (unpaired) electrons. The molecule has 4 rings (SSSR count). The van der Waals surface area contributed by atoms with Gasteiger partial charge in [-0.25, -0.2) is 0 Å². The van der Waals surface area contributed by atoms with Gasteiger partial charge >= 0.3 is 0 Å². The molecule has 1 aromatic carbocycles. The highest BCUT2D eigenvalue weighted by atomic mass is 16.2. The van der Waals surface area contributed by atoms with Crippen LogP contribution in [0.15, 0.2) is 30.5 Å². The molecule has 2 atom stereocenters. The molecule has 0 saturated carbocycles. The summed E-state index contributed by atoms with van der Waals surface area (Å²) < 4.78 is 0. The Morgan fingerprint density at radius 2 is 2.07 bits per heavy atom. The number of aromatic nitrogens is 1. The molecule has 2 aliphatic rings. The summed E-state index contributed by atoms with van der Waals surface area (Å²) in [6.45, 7) is 12.1. The number of carbonyl (C=O) groups is 1. The molecule has 2 heterocycles. The van der Waals surface area contributed by atoms with Crippen molar-refractivity contribution in [1.82, 2.24) is 14.8 Å². The van der Waals surface area contributed by atoms with Gasteiger partial charge < -0.3 is 9.88 Å². The van der Waals surface area contributed by atoms with E-state index in [9.17, 15) is 4.79 Å². The van der Waals surface area contributed by atoms with Gasteiger partial charge in [0.1, 0.15) is 0 Å². The van der Waals surface area contributed by atoms with Crippen molar-refractivity contribution in [3.05, 3.63) is 41.6 Å². The quantitative estimate of drug-likeness (QED) is 0.867. The summed E-state index contributed by atoms with van der Waals surface area (Å²) in [4.78, 5) is 21.1. The number of aromatic amines is 1. The fourth-order valence-corrected chi connectivity index (χ4v) is 5.15. The molecule has 1 amide bonds. The molecule has 1 aliphatic carbocycles. The number of benzene rings is 1. The molecule has 1 N–H and O–H groups in total. The second kappa shape index (κ2) is 6.83. The molecule has 0 saturated heterocycles. The number of amides is 1. The van der Waals surface area contributed by atoms with Gasteiger partial charge in [0, 0.05) is 42.3 Å². The van der Waals surface area contributed by atoms with Crippen molar-refractivity contribution >= 4 is 22.4 Å². The monoisotopic (exact) mass is 365 g/mol. The highest BCUT2D eigenvalue weighted by molar-refractivity contribution is 6.00. The number of hydrogen-bond acceptors (Lipinski definition) is 2. The molecule has 4 nitrogen and oxygen atoms in total. The van der Waals surface area contributed by atoms with Gasteiger partial charge in [-0.3, -0.25) is 9.69 Å². The molecule has 0 fully saturated rings. The van der Waals surface area contributed by atoms with Crippen LogP contribution in [0.4, 0.5) is 0 Å². The number of hydrogen-bond donors (Lipinski definition) is 1. The average molecular weight is 366 g/mol. The highest BCUT2D eigenvalue weighted by Crippen LogP contribution is 2.47. The average Bonchev–Trinajstić information content (AvgIpc) is 3.07. The van der Waals surface area contributed by atoms with Gasteiger partial charge in [-0.1, -0.05) is 25.1 Å². The number of nitrogens with one attached hydrogen (secondary N) is 1. The van der Waals surface area contributed by atoms with Crippen LogP contribution in [-0.2, 0) is 11.2 Å². The lowest BCUT2D eigenvalue weighted by Gasteiger charge is -2.50. The third-order valence-electron chi connectivity index (χ3n) is 6.56. The maximum atomic E-state index is 13.2. The largest absolute Gasteiger partial charge is 0.361 e. The normalized spacial score (nSPS) is 24.6. The smallest absolute Gasteiger partial charge is 0.230 e. The van der Waals surface area contributed by atoms with Crippen molar-refractivity contribution in [2.45, 2.75) is 46.1 Å². The Balaban J connectivity index is 1.86. The third kappa shape index (κ3) is 2.73. The maximum Gasteiger partial charge on any atom is 0.230 e. The number of H-pyrrole nitrogens is 1. The van der Waals surface area contributed by atoms with Crippen LogP contribution in [0.3, 0.4) is 0 Å². The summed E-state index contributed by atoms with van der Waals surface area (Å²) in [7, 11) is 0. The van der Waals surface area contributed by atoms with Gasteiger partial charge in [0.15, 0.2) is 0 Å². The van der Waals surface area contributed by atoms with Gasteiger partial charge in [0.2, 0.25) is 5.91 Å². The summed E-state index contributed by atoms with van der Waals surface area (Å²) in [5, 5.41) is 1.34. The van der Waals surface area contributed by atoms with Gasteiger partial charge in [-0.2, -0.15) is 0 Å². The summed E-state index contributed by atoms with van der Waals surface area (Å²) in [5.74, 6) is 0.206. The van der Waals surface area contributed by atoms with E-state index in [1.807, 2.05) is 4.90 Å². The minimum absolute atomic E-state index is 0.0421. The Labute approximate surface area is 162 Å². The van der Waals surface area contributed by atoms with Gasteiger partial charge in [0.25, 0.3) is 0 Å². The van der Waals surface area contributed by atoms with Crippen LogP contribution in [0, 0.1) is 5.92 Å². The van der Waals surface area contributed by atoms with E-state index < -0.39 is 0 Å². The summed E-state index contributed by atoms with van der Waals surface area (Å²) >= 11 is 0. The Morgan fingerprint density at radius 1 is 1.30 bits per heavy atom. The minimum Gasteiger partial charge on any atom is -0.361 e. The fraction of sp³-hybridized carbons (Fsp3) is 0.522. The first-order chi connectivity index (χ1) is 13.0. The SMILES string of the molecule is CCCN1C[C@H](C(=O)N(CC)CC)C=C2c3cccc4[nH]cc(c34)C[C@]21C. The van der Waals surface area contributed by atoms with Crippen LogP contribution >= 0.6 is 0 Å². The van der Waals surface area contributed by atoms with Crippen LogP contribution in [0.1, 0.15) is 45.2 Å². The van der Waals surface area contributed by atoms with E-state index in [2.05, 4.69) is 68.1 Å². The molecular formula is C23H31N3O. The molecule has 2 aromatic rings. The molecule has 0 spiro atoms. The van der Waals surface area contributed by atoms with Crippen LogP contribution in [0.2, 0.25) is 0 Å². The van der Waals surface area contributed by atoms with Gasteiger partial charge in [-0.15, -0.1) is 0 Å². The van der Waals surface area contributed by atoms with E-state index in [0.717, 1.165) is 39.0 Å². The molecule has 1 aliphatic heterocycles. The van der Waals surface area contributed by atoms with Crippen molar-refractivity contribution in [2.75, 3.05) is 26.2 Å². The molecular weight excluding hydrogens is 334 g/mol. The summed E-state index contributed by atoms with van der Waals surface area (Å²) in [6.07, 6.45) is 6.56. The Hall–Kier alpha value is -2.07. The number of nitrogens with zero attached hydrogens (tertiary/aromatic N) is 2. The van der Waals surface area contributed by atoms with Gasteiger partial charge in [0.05, 0.1) is 5.92 Å².